The maximum atomic E-state index is 14.6. The lowest BCUT2D eigenvalue weighted by atomic mass is 9.99. The summed E-state index contributed by atoms with van der Waals surface area (Å²) in [7, 11) is -2.00. The van der Waals surface area contributed by atoms with Crippen LogP contribution in [0.3, 0.4) is 0 Å². The molecule has 0 spiro atoms. The third-order valence-electron chi connectivity index (χ3n) is 11.3. The number of ether oxygens (including phenoxy) is 1. The van der Waals surface area contributed by atoms with E-state index in [4.69, 9.17) is 9.72 Å². The van der Waals surface area contributed by atoms with Crippen molar-refractivity contribution in [2.45, 2.75) is 43.7 Å². The van der Waals surface area contributed by atoms with Crippen molar-refractivity contribution in [2.75, 3.05) is 51.3 Å². The number of aliphatic hydroxyl groups is 1. The van der Waals surface area contributed by atoms with Gasteiger partial charge in [0.15, 0.2) is 5.65 Å². The van der Waals surface area contributed by atoms with Gasteiger partial charge in [0.25, 0.3) is 15.9 Å². The highest BCUT2D eigenvalue weighted by molar-refractivity contribution is 7.90. The minimum absolute atomic E-state index is 0.137. The van der Waals surface area contributed by atoms with Crippen LogP contribution in [0.2, 0.25) is 0 Å². The summed E-state index contributed by atoms with van der Waals surface area (Å²) in [6, 6.07) is 28.0. The molecule has 2 fully saturated rings. The number of carbonyl (C=O) groups excluding carboxylic acids is 1. The van der Waals surface area contributed by atoms with Gasteiger partial charge >= 0.3 is 0 Å². The van der Waals surface area contributed by atoms with E-state index < -0.39 is 10.0 Å². The zero-order chi connectivity index (χ0) is 38.6. The smallest absolute Gasteiger partial charge is 0.269 e. The number of carbonyl (C=O) groups is 1. The lowest BCUT2D eigenvalue weighted by Gasteiger charge is -2.32. The summed E-state index contributed by atoms with van der Waals surface area (Å²) in [6.07, 6.45) is 3.65. The summed E-state index contributed by atoms with van der Waals surface area (Å²) in [5.41, 5.74) is 7.15. The Morgan fingerprint density at radius 2 is 1.62 bits per heavy atom. The quantitative estimate of drug-likeness (QED) is 0.177. The number of hydrogen-bond donors (Lipinski definition) is 1. The third-order valence-corrected chi connectivity index (χ3v) is 13.0. The van der Waals surface area contributed by atoms with Crippen molar-refractivity contribution in [2.24, 2.45) is 0 Å². The minimum atomic E-state index is -4.14. The molecule has 0 atom stereocenters. The van der Waals surface area contributed by atoms with Crippen LogP contribution in [0.25, 0.3) is 33.5 Å². The van der Waals surface area contributed by atoms with Gasteiger partial charge in [-0.15, -0.1) is 0 Å². The first-order chi connectivity index (χ1) is 27.2. The predicted molar refractivity (Wildman–Crippen MR) is 216 cm³/mol. The van der Waals surface area contributed by atoms with Crippen molar-refractivity contribution < 1.29 is 23.1 Å². The molecule has 1 N–H and O–H groups in total. The first-order valence-electron chi connectivity index (χ1n) is 19.2. The molecule has 1 aliphatic carbocycles. The number of aliphatic hydroxyl groups excluding tert-OH is 1. The first kappa shape index (κ1) is 36.3. The van der Waals surface area contributed by atoms with Crippen LogP contribution in [-0.4, -0.2) is 89.6 Å². The van der Waals surface area contributed by atoms with Crippen LogP contribution in [-0.2, 0) is 23.2 Å². The van der Waals surface area contributed by atoms with Crippen LogP contribution in [0.4, 0.5) is 5.69 Å². The molecule has 9 rings (SSSR count). The molecule has 4 heterocycles. The molecular weight excluding hydrogens is 725 g/mol. The molecule has 0 unspecified atom stereocenters. The molecule has 6 aromatic rings. The minimum Gasteiger partial charge on any atom is -0.491 e. The van der Waals surface area contributed by atoms with E-state index in [1.807, 2.05) is 61.5 Å². The summed E-state index contributed by atoms with van der Waals surface area (Å²) in [5.74, 6) is 0.889. The van der Waals surface area contributed by atoms with Crippen molar-refractivity contribution in [3.8, 4) is 28.3 Å². The number of rotatable bonds is 9. The molecule has 1 saturated carbocycles. The van der Waals surface area contributed by atoms with E-state index in [-0.39, 0.29) is 36.2 Å². The van der Waals surface area contributed by atoms with Crippen molar-refractivity contribution in [1.29, 1.82) is 0 Å². The fourth-order valence-electron chi connectivity index (χ4n) is 7.95. The second kappa shape index (κ2) is 14.6. The lowest BCUT2D eigenvalue weighted by molar-refractivity contribution is 0.0989. The Hall–Kier alpha value is -5.40. The Morgan fingerprint density at radius 3 is 2.36 bits per heavy atom. The van der Waals surface area contributed by atoms with E-state index in [1.54, 1.807) is 29.2 Å². The van der Waals surface area contributed by atoms with E-state index in [0.717, 1.165) is 56.7 Å². The second-order valence-electron chi connectivity index (χ2n) is 15.1. The highest BCUT2D eigenvalue weighted by Gasteiger charge is 2.32. The first-order valence-corrected chi connectivity index (χ1v) is 20.6. The monoisotopic (exact) mass is 768 g/mol. The molecular formula is C44H44N6O5S. The molecule has 11 nitrogen and oxygen atoms in total. The predicted octanol–water partition coefficient (Wildman–Crippen LogP) is 6.47. The molecule has 12 heteroatoms. The van der Waals surface area contributed by atoms with Crippen molar-refractivity contribution in [3.05, 3.63) is 125 Å². The van der Waals surface area contributed by atoms with Crippen molar-refractivity contribution >= 4 is 32.7 Å². The zero-order valence-electron chi connectivity index (χ0n) is 31.6. The number of hydrogen-bond acceptors (Lipinski definition) is 9. The SMILES string of the molecule is Cc1ccc(S(=O)(=O)n2c(-c3ccc(CN4CCN(C)CC4)cc3)cc3c(-c4cccc(N5CCOc6cc(C7CC7)ccc6C5=O)c4CO)ncnc32)cc1. The molecule has 286 valence electrons. The van der Waals surface area contributed by atoms with Gasteiger partial charge in [0.1, 0.15) is 18.7 Å². The molecule has 2 aromatic heterocycles. The highest BCUT2D eigenvalue weighted by atomic mass is 32.2. The van der Waals surface area contributed by atoms with E-state index in [0.29, 0.717) is 56.4 Å². The third kappa shape index (κ3) is 6.66. The van der Waals surface area contributed by atoms with E-state index in [2.05, 4.69) is 34.0 Å². The van der Waals surface area contributed by atoms with Crippen molar-refractivity contribution in [1.82, 2.24) is 23.7 Å². The normalized spacial score (nSPS) is 16.8. The van der Waals surface area contributed by atoms with Gasteiger partial charge in [-0.05, 0) is 85.8 Å². The number of piperazine rings is 1. The van der Waals surface area contributed by atoms with Crippen molar-refractivity contribution in [3.63, 3.8) is 0 Å². The number of anilines is 1. The van der Waals surface area contributed by atoms with Gasteiger partial charge in [-0.3, -0.25) is 9.69 Å². The van der Waals surface area contributed by atoms with Gasteiger partial charge in [-0.25, -0.2) is 22.4 Å². The largest absolute Gasteiger partial charge is 0.491 e. The summed E-state index contributed by atoms with van der Waals surface area (Å²) >= 11 is 0. The number of benzene rings is 4. The number of aryl methyl sites for hydroxylation is 1. The molecule has 3 aliphatic rings. The van der Waals surface area contributed by atoms with Gasteiger partial charge in [0.05, 0.1) is 40.7 Å². The fraction of sp³-hybridized carbons (Fsp3) is 0.295. The number of fused-ring (bicyclic) bond motifs is 2. The van der Waals surface area contributed by atoms with E-state index >= 15 is 0 Å². The standard InChI is InChI=1S/C44H44N6O5S/c1-29-6-15-34(16-7-29)56(53,54)50-40(32-10-8-30(9-11-32)26-48-20-18-47(2)19-21-48)25-37-42(45-28-46-43(37)50)35-4-3-5-39(38(35)27-51)49-22-23-55-41-24-33(31-12-13-31)14-17-36(41)44(49)52/h3-11,14-17,24-25,28,31,51H,12-13,18-23,26-27H2,1-2H3. The summed E-state index contributed by atoms with van der Waals surface area (Å²) in [6.45, 7) is 6.95. The van der Waals surface area contributed by atoms with Gasteiger partial charge in [0.2, 0.25) is 0 Å². The molecule has 0 bridgehead atoms. The highest BCUT2D eigenvalue weighted by Crippen LogP contribution is 2.43. The average molecular weight is 769 g/mol. The van der Waals surface area contributed by atoms with Crippen LogP contribution < -0.4 is 9.64 Å². The van der Waals surface area contributed by atoms with Gasteiger partial charge < -0.3 is 19.6 Å². The average Bonchev–Trinajstić information content (AvgIpc) is 4.01. The Bertz CT molecular complexity index is 2560. The van der Waals surface area contributed by atoms with Gasteiger partial charge in [-0.1, -0.05) is 60.2 Å². The summed E-state index contributed by atoms with van der Waals surface area (Å²) in [4.78, 5) is 30.0. The van der Waals surface area contributed by atoms with Crippen LogP contribution in [0.5, 0.6) is 5.75 Å². The van der Waals surface area contributed by atoms with Gasteiger partial charge in [-0.2, -0.15) is 0 Å². The lowest BCUT2D eigenvalue weighted by Crippen LogP contribution is -2.43. The van der Waals surface area contributed by atoms with Crippen LogP contribution in [0, 0.1) is 6.92 Å². The molecule has 0 radical (unpaired) electrons. The van der Waals surface area contributed by atoms with Gasteiger partial charge in [0, 0.05) is 49.2 Å². The number of aromatic nitrogens is 3. The van der Waals surface area contributed by atoms with Crippen LogP contribution in [0.1, 0.15) is 51.4 Å². The zero-order valence-corrected chi connectivity index (χ0v) is 32.4. The molecule has 2 aliphatic heterocycles. The van der Waals surface area contributed by atoms with Crippen LogP contribution in [0.15, 0.2) is 102 Å². The maximum Gasteiger partial charge on any atom is 0.269 e. The Balaban J connectivity index is 1.15. The molecule has 56 heavy (non-hydrogen) atoms. The number of likely N-dealkylation sites (N-methyl/N-ethyl adjacent to an activating group) is 1. The summed E-state index contributed by atoms with van der Waals surface area (Å²) < 4.78 is 36.7. The van der Waals surface area contributed by atoms with E-state index in [9.17, 15) is 18.3 Å². The molecule has 1 amide bonds. The molecule has 4 aromatic carbocycles. The second-order valence-corrected chi connectivity index (χ2v) is 16.9. The van der Waals surface area contributed by atoms with Crippen LogP contribution >= 0.6 is 0 Å². The number of amides is 1. The Morgan fingerprint density at radius 1 is 0.857 bits per heavy atom. The maximum absolute atomic E-state index is 14.6. The topological polar surface area (TPSA) is 121 Å². The number of nitrogens with zero attached hydrogens (tertiary/aromatic N) is 6. The Kier molecular flexibility index (Phi) is 9.45. The fourth-order valence-corrected chi connectivity index (χ4v) is 9.44. The summed E-state index contributed by atoms with van der Waals surface area (Å²) in [5, 5.41) is 11.5. The Labute approximate surface area is 326 Å². The van der Waals surface area contributed by atoms with E-state index in [1.165, 1.54) is 15.9 Å². The molecule has 1 saturated heterocycles.